The predicted molar refractivity (Wildman–Crippen MR) is 124 cm³/mol. The highest BCUT2D eigenvalue weighted by molar-refractivity contribution is 5.34. The molecule has 1 nitrogen and oxygen atoms in total. The molecule has 2 saturated carbocycles. The largest absolute Gasteiger partial charge is 0.393 e. The first-order chi connectivity index (χ1) is 13.7. The van der Waals surface area contributed by atoms with E-state index >= 15 is 0 Å². The summed E-state index contributed by atoms with van der Waals surface area (Å²) in [5, 5.41) is 10.3. The van der Waals surface area contributed by atoms with Crippen LogP contribution in [0.1, 0.15) is 112 Å². The van der Waals surface area contributed by atoms with Gasteiger partial charge in [-0.25, -0.2) is 0 Å². The maximum Gasteiger partial charge on any atom is 0.0543 e. The maximum atomic E-state index is 10.3. The summed E-state index contributed by atoms with van der Waals surface area (Å²) >= 11 is 0. The van der Waals surface area contributed by atoms with Crippen LogP contribution in [0.25, 0.3) is 0 Å². The smallest absolute Gasteiger partial charge is 0.0543 e. The lowest BCUT2D eigenvalue weighted by Gasteiger charge is -2.55. The Labute approximate surface area is 181 Å². The van der Waals surface area contributed by atoms with Gasteiger partial charge in [0, 0.05) is 0 Å². The van der Waals surface area contributed by atoms with Crippen LogP contribution in [0.2, 0.25) is 0 Å². The zero-order valence-electron chi connectivity index (χ0n) is 20.3. The van der Waals surface area contributed by atoms with Gasteiger partial charge in [-0.3, -0.25) is 0 Å². The van der Waals surface area contributed by atoms with E-state index in [1.54, 1.807) is 0 Å². The van der Waals surface area contributed by atoms with E-state index in [0.717, 1.165) is 48.3 Å². The van der Waals surface area contributed by atoms with Gasteiger partial charge in [-0.05, 0) is 104 Å². The minimum atomic E-state index is -0.0333. The number of hydrogen-bond acceptors (Lipinski definition) is 1. The molecule has 1 N–H and O–H groups in total. The molecule has 0 heterocycles. The fraction of sp³-hybridized carbons (Fsp3) is 0.929. The lowest BCUT2D eigenvalue weighted by Crippen LogP contribution is -2.45. The molecule has 0 aromatic rings. The molecule has 0 saturated heterocycles. The number of allylic oxidation sites excluding steroid dienone is 2. The van der Waals surface area contributed by atoms with Crippen LogP contribution >= 0.6 is 0 Å². The quantitative estimate of drug-likeness (QED) is 0.467. The summed E-state index contributed by atoms with van der Waals surface area (Å²) in [6.45, 7) is 15.1. The summed E-state index contributed by atoms with van der Waals surface area (Å²) in [6.07, 6.45) is 14.5. The molecule has 0 aliphatic heterocycles. The van der Waals surface area contributed by atoms with Crippen LogP contribution in [-0.2, 0) is 0 Å². The minimum Gasteiger partial charge on any atom is -0.393 e. The molecule has 4 aliphatic carbocycles. The number of aliphatic hydroxyl groups excluding tert-OH is 1. The highest BCUT2D eigenvalue weighted by Crippen LogP contribution is 2.66. The third-order valence-electron chi connectivity index (χ3n) is 10.9. The van der Waals surface area contributed by atoms with Gasteiger partial charge >= 0.3 is 0 Å². The Morgan fingerprint density at radius 2 is 1.69 bits per heavy atom. The van der Waals surface area contributed by atoms with Crippen molar-refractivity contribution in [3.63, 3.8) is 0 Å². The fourth-order valence-corrected chi connectivity index (χ4v) is 8.47. The van der Waals surface area contributed by atoms with E-state index in [4.69, 9.17) is 0 Å². The van der Waals surface area contributed by atoms with Crippen molar-refractivity contribution in [3.8, 4) is 0 Å². The van der Waals surface area contributed by atoms with Gasteiger partial charge in [0.15, 0.2) is 0 Å². The summed E-state index contributed by atoms with van der Waals surface area (Å²) in [7, 11) is 0. The third-order valence-corrected chi connectivity index (χ3v) is 10.9. The number of fused-ring (bicyclic) bond motifs is 4. The molecular weight excluding hydrogens is 352 g/mol. The van der Waals surface area contributed by atoms with E-state index in [1.807, 2.05) is 11.1 Å². The molecule has 166 valence electrons. The average molecular weight is 401 g/mol. The van der Waals surface area contributed by atoms with E-state index < -0.39 is 0 Å². The first-order valence-corrected chi connectivity index (χ1v) is 13.1. The van der Waals surface area contributed by atoms with Crippen molar-refractivity contribution in [2.24, 2.45) is 46.3 Å². The van der Waals surface area contributed by atoms with Crippen molar-refractivity contribution in [3.05, 3.63) is 11.1 Å². The molecule has 2 fully saturated rings. The third kappa shape index (κ3) is 3.66. The molecule has 0 bridgehead atoms. The zero-order chi connectivity index (χ0) is 21.0. The Balaban J connectivity index is 1.52. The molecule has 4 rings (SSSR count). The molecule has 4 aliphatic rings. The number of rotatable bonds is 5. The molecule has 0 spiro atoms. The summed E-state index contributed by atoms with van der Waals surface area (Å²) < 4.78 is 0. The van der Waals surface area contributed by atoms with Crippen LogP contribution in [-0.4, -0.2) is 11.2 Å². The van der Waals surface area contributed by atoms with Crippen molar-refractivity contribution in [2.75, 3.05) is 0 Å². The van der Waals surface area contributed by atoms with Crippen LogP contribution in [0.4, 0.5) is 0 Å². The first kappa shape index (κ1) is 21.9. The molecule has 0 aromatic carbocycles. The normalized spacial score (nSPS) is 44.3. The second kappa shape index (κ2) is 7.99. The standard InChI is InChI=1S/C28H48O/c1-18(2)19(3)7-8-20(4)24-11-12-25-23-10-9-21-17-22(29)13-15-27(21,5)26(23)14-16-28(24,25)6/h18-22,24-25,29H,7-17H2,1-6H3/t19-,20-,21+,22-,24-,25+,27+,28+/m1/s1. The van der Waals surface area contributed by atoms with Crippen LogP contribution in [0.15, 0.2) is 11.1 Å². The monoisotopic (exact) mass is 400 g/mol. The van der Waals surface area contributed by atoms with Crippen LogP contribution in [0.3, 0.4) is 0 Å². The van der Waals surface area contributed by atoms with Gasteiger partial charge in [-0.15, -0.1) is 0 Å². The Bertz CT molecular complexity index is 632. The average Bonchev–Trinajstić information content (AvgIpc) is 3.03. The Morgan fingerprint density at radius 1 is 0.931 bits per heavy atom. The van der Waals surface area contributed by atoms with Gasteiger partial charge in [0.25, 0.3) is 0 Å². The Hall–Kier alpha value is -0.300. The summed E-state index contributed by atoms with van der Waals surface area (Å²) in [5.41, 5.74) is 4.75. The topological polar surface area (TPSA) is 20.2 Å². The highest BCUT2D eigenvalue weighted by atomic mass is 16.3. The van der Waals surface area contributed by atoms with E-state index in [1.165, 1.54) is 57.8 Å². The highest BCUT2D eigenvalue weighted by Gasteiger charge is 2.55. The van der Waals surface area contributed by atoms with E-state index in [9.17, 15) is 5.11 Å². The van der Waals surface area contributed by atoms with Crippen molar-refractivity contribution in [2.45, 2.75) is 118 Å². The predicted octanol–water partition coefficient (Wildman–Crippen LogP) is 7.78. The summed E-state index contributed by atoms with van der Waals surface area (Å²) in [4.78, 5) is 0. The number of aliphatic hydroxyl groups is 1. The summed E-state index contributed by atoms with van der Waals surface area (Å²) in [5.74, 6) is 5.10. The zero-order valence-corrected chi connectivity index (χ0v) is 20.3. The van der Waals surface area contributed by atoms with E-state index in [0.29, 0.717) is 10.8 Å². The molecule has 0 aromatic heterocycles. The van der Waals surface area contributed by atoms with Crippen molar-refractivity contribution in [1.82, 2.24) is 0 Å². The lowest BCUT2D eigenvalue weighted by atomic mass is 9.50. The van der Waals surface area contributed by atoms with Crippen LogP contribution in [0.5, 0.6) is 0 Å². The van der Waals surface area contributed by atoms with E-state index in [2.05, 4.69) is 41.5 Å². The second-order valence-corrected chi connectivity index (χ2v) is 12.6. The van der Waals surface area contributed by atoms with Gasteiger partial charge in [0.2, 0.25) is 0 Å². The first-order valence-electron chi connectivity index (χ1n) is 13.1. The van der Waals surface area contributed by atoms with E-state index in [-0.39, 0.29) is 6.10 Å². The van der Waals surface area contributed by atoms with Gasteiger partial charge < -0.3 is 5.11 Å². The summed E-state index contributed by atoms with van der Waals surface area (Å²) in [6, 6.07) is 0. The van der Waals surface area contributed by atoms with Gasteiger partial charge in [-0.2, -0.15) is 0 Å². The Kier molecular flexibility index (Phi) is 6.04. The van der Waals surface area contributed by atoms with Crippen molar-refractivity contribution >= 4 is 0 Å². The van der Waals surface area contributed by atoms with Crippen LogP contribution in [0, 0.1) is 46.3 Å². The fourth-order valence-electron chi connectivity index (χ4n) is 8.47. The van der Waals surface area contributed by atoms with Gasteiger partial charge in [0.1, 0.15) is 0 Å². The second-order valence-electron chi connectivity index (χ2n) is 12.6. The molecule has 0 unspecified atom stereocenters. The minimum absolute atomic E-state index is 0.0333. The molecule has 8 atom stereocenters. The molecule has 0 amide bonds. The molecule has 0 radical (unpaired) electrons. The number of hydrogen-bond donors (Lipinski definition) is 1. The molecule has 29 heavy (non-hydrogen) atoms. The maximum absolute atomic E-state index is 10.3. The van der Waals surface area contributed by atoms with Crippen LogP contribution < -0.4 is 0 Å². The molecular formula is C28H48O. The van der Waals surface area contributed by atoms with Crippen molar-refractivity contribution in [1.29, 1.82) is 0 Å². The molecule has 1 heteroatoms. The van der Waals surface area contributed by atoms with Crippen molar-refractivity contribution < 1.29 is 5.11 Å². The lowest BCUT2D eigenvalue weighted by molar-refractivity contribution is 0.0131. The Morgan fingerprint density at radius 3 is 2.41 bits per heavy atom. The van der Waals surface area contributed by atoms with Gasteiger partial charge in [0.05, 0.1) is 6.10 Å². The van der Waals surface area contributed by atoms with Gasteiger partial charge in [-0.1, -0.05) is 65.5 Å². The SMILES string of the molecule is CC(C)[C@H](C)CC[C@@H](C)[C@H]1CC[C@H]2C3=C(CC[C@@]12C)[C@@]1(C)CC[C@@H](O)C[C@@H]1CC3.